The van der Waals surface area contributed by atoms with E-state index >= 15 is 0 Å². The number of halogens is 3. The summed E-state index contributed by atoms with van der Waals surface area (Å²) in [4.78, 5) is 22.3. The van der Waals surface area contributed by atoms with E-state index < -0.39 is 11.7 Å². The summed E-state index contributed by atoms with van der Waals surface area (Å²) >= 11 is 0. The second-order valence-electron chi connectivity index (χ2n) is 9.29. The van der Waals surface area contributed by atoms with Crippen molar-refractivity contribution in [1.82, 2.24) is 10.8 Å². The fourth-order valence-electron chi connectivity index (χ4n) is 3.85. The first-order valence-electron chi connectivity index (χ1n) is 13.5. The van der Waals surface area contributed by atoms with Crippen LogP contribution in [0.2, 0.25) is 0 Å². The summed E-state index contributed by atoms with van der Waals surface area (Å²) in [6.45, 7) is 0.750. The number of anilines is 1. The van der Waals surface area contributed by atoms with Crippen molar-refractivity contribution >= 4 is 17.5 Å². The zero-order valence-electron chi connectivity index (χ0n) is 23.1. The average molecular weight is 574 g/mol. The average Bonchev–Trinajstić information content (AvgIpc) is 2.98. The number of unbranched alkanes of at least 4 members (excludes halogenated alkanes) is 3. The molecule has 3 aromatic carbocycles. The highest BCUT2D eigenvalue weighted by molar-refractivity contribution is 5.90. The Morgan fingerprint density at radius 3 is 1.90 bits per heavy atom. The van der Waals surface area contributed by atoms with Crippen molar-refractivity contribution in [3.63, 3.8) is 0 Å². The van der Waals surface area contributed by atoms with Gasteiger partial charge >= 0.3 is 6.18 Å². The molecule has 0 heterocycles. The van der Waals surface area contributed by atoms with Gasteiger partial charge in [-0.3, -0.25) is 14.8 Å². The van der Waals surface area contributed by atoms with E-state index in [1.807, 2.05) is 67.7 Å². The third-order valence-corrected chi connectivity index (χ3v) is 6.03. The smallest absolute Gasteiger partial charge is 0.416 e. The lowest BCUT2D eigenvalue weighted by Gasteiger charge is -2.20. The maximum Gasteiger partial charge on any atom is 0.416 e. The highest BCUT2D eigenvalue weighted by Gasteiger charge is 2.30. The number of carbonyl (C=O) groups excluding carboxylic acids is 2. The third kappa shape index (κ3) is 13.8. The standard InChI is InChI=1S/C17H18F3NO.C14H20N2O3/c1-21-12-11-16(13-5-3-2-4-6-13)22-15-9-7-14(8-10-15)17(18,19)20;17-13(15-12-8-4-3-5-9-12)10-6-1-2-7-11-14(18)16-19/h2-10,16,21H,11-12H2,1H3;3-5,8-9,19H,1-2,6-7,10-11H2,(H,15,17)(H,16,18). The number of carbonyl (C=O) groups is 2. The molecule has 222 valence electrons. The minimum Gasteiger partial charge on any atom is -0.486 e. The van der Waals surface area contributed by atoms with E-state index in [4.69, 9.17) is 9.94 Å². The quantitative estimate of drug-likeness (QED) is 0.0955. The van der Waals surface area contributed by atoms with Gasteiger partial charge in [0.05, 0.1) is 5.56 Å². The molecule has 1 atom stereocenters. The summed E-state index contributed by atoms with van der Waals surface area (Å²) in [5.74, 6) is 0.0825. The van der Waals surface area contributed by atoms with Crippen molar-refractivity contribution in [3.8, 4) is 5.75 Å². The van der Waals surface area contributed by atoms with Gasteiger partial charge in [0.2, 0.25) is 11.8 Å². The largest absolute Gasteiger partial charge is 0.486 e. The summed E-state index contributed by atoms with van der Waals surface area (Å²) in [6.07, 6.45) is 0.322. The molecular formula is C31H38F3N3O4. The van der Waals surface area contributed by atoms with Crippen LogP contribution in [-0.4, -0.2) is 30.6 Å². The van der Waals surface area contributed by atoms with Gasteiger partial charge in [0, 0.05) is 24.9 Å². The molecule has 1 unspecified atom stereocenters. The molecule has 0 saturated carbocycles. The summed E-state index contributed by atoms with van der Waals surface area (Å²) < 4.78 is 43.6. The molecule has 0 fully saturated rings. The van der Waals surface area contributed by atoms with Gasteiger partial charge in [-0.25, -0.2) is 5.48 Å². The Labute approximate surface area is 239 Å². The predicted molar refractivity (Wildman–Crippen MR) is 153 cm³/mol. The lowest BCUT2D eigenvalue weighted by molar-refractivity contribution is -0.137. The van der Waals surface area contributed by atoms with Crippen LogP contribution in [0.5, 0.6) is 5.75 Å². The summed E-state index contributed by atoms with van der Waals surface area (Å²) in [6, 6.07) is 23.8. The predicted octanol–water partition coefficient (Wildman–Crippen LogP) is 6.91. The number of alkyl halides is 3. The Morgan fingerprint density at radius 1 is 0.805 bits per heavy atom. The molecule has 3 rings (SSSR count). The van der Waals surface area contributed by atoms with Crippen LogP contribution >= 0.6 is 0 Å². The number of hydrogen-bond donors (Lipinski definition) is 4. The van der Waals surface area contributed by atoms with Crippen LogP contribution in [0.15, 0.2) is 84.9 Å². The van der Waals surface area contributed by atoms with Gasteiger partial charge < -0.3 is 15.4 Å². The van der Waals surface area contributed by atoms with Crippen LogP contribution in [0.1, 0.15) is 62.2 Å². The molecule has 10 heteroatoms. The number of nitrogens with one attached hydrogen (secondary N) is 3. The second kappa shape index (κ2) is 18.5. The van der Waals surface area contributed by atoms with Gasteiger partial charge in [-0.05, 0) is 68.4 Å². The molecule has 2 amide bonds. The van der Waals surface area contributed by atoms with Crippen molar-refractivity contribution in [3.05, 3.63) is 96.1 Å². The van der Waals surface area contributed by atoms with Crippen LogP contribution in [0.3, 0.4) is 0 Å². The first kappa shape index (κ1) is 33.3. The molecule has 0 aromatic heterocycles. The Kier molecular flexibility index (Phi) is 15.0. The Morgan fingerprint density at radius 2 is 1.37 bits per heavy atom. The van der Waals surface area contributed by atoms with Gasteiger partial charge in [-0.15, -0.1) is 0 Å². The second-order valence-corrected chi connectivity index (χ2v) is 9.29. The van der Waals surface area contributed by atoms with Gasteiger partial charge in [0.25, 0.3) is 0 Å². The van der Waals surface area contributed by atoms with Crippen molar-refractivity contribution in [2.45, 2.75) is 57.2 Å². The van der Waals surface area contributed by atoms with Crippen LogP contribution in [0.25, 0.3) is 0 Å². The van der Waals surface area contributed by atoms with Crippen LogP contribution in [0, 0.1) is 0 Å². The molecule has 3 aromatic rings. The van der Waals surface area contributed by atoms with E-state index in [0.29, 0.717) is 18.6 Å². The lowest BCUT2D eigenvalue weighted by Crippen LogP contribution is -2.17. The van der Waals surface area contributed by atoms with E-state index in [0.717, 1.165) is 62.0 Å². The summed E-state index contributed by atoms with van der Waals surface area (Å²) in [5.41, 5.74) is 2.73. The zero-order valence-corrected chi connectivity index (χ0v) is 23.1. The summed E-state index contributed by atoms with van der Waals surface area (Å²) in [5, 5.41) is 14.2. The van der Waals surface area contributed by atoms with Gasteiger partial charge in [-0.1, -0.05) is 61.4 Å². The van der Waals surface area contributed by atoms with Crippen LogP contribution in [0.4, 0.5) is 18.9 Å². The maximum atomic E-state index is 12.6. The molecule has 0 aliphatic heterocycles. The van der Waals surface area contributed by atoms with E-state index in [9.17, 15) is 22.8 Å². The maximum absolute atomic E-state index is 12.6. The molecule has 0 radical (unpaired) electrons. The fourth-order valence-corrected chi connectivity index (χ4v) is 3.85. The highest BCUT2D eigenvalue weighted by atomic mass is 19.4. The number of para-hydroxylation sites is 1. The zero-order chi connectivity index (χ0) is 29.9. The Balaban J connectivity index is 0.000000290. The van der Waals surface area contributed by atoms with Crippen molar-refractivity contribution < 1.29 is 32.7 Å². The monoisotopic (exact) mass is 573 g/mol. The molecule has 7 nitrogen and oxygen atoms in total. The SMILES string of the molecule is CNCCC(Oc1ccc(C(F)(F)F)cc1)c1ccccc1.O=C(CCCCCCC(=O)Nc1ccccc1)NO. The first-order chi connectivity index (χ1) is 19.7. The number of rotatable bonds is 14. The van der Waals surface area contributed by atoms with E-state index in [-0.39, 0.29) is 17.9 Å². The first-order valence-corrected chi connectivity index (χ1v) is 13.5. The van der Waals surface area contributed by atoms with E-state index in [1.165, 1.54) is 12.1 Å². The minimum absolute atomic E-state index is 0.0132. The number of amides is 2. The molecule has 41 heavy (non-hydrogen) atoms. The highest BCUT2D eigenvalue weighted by Crippen LogP contribution is 2.31. The Hall–Kier alpha value is -3.89. The number of benzene rings is 3. The number of ether oxygens (including phenoxy) is 1. The molecule has 0 saturated heterocycles. The Bertz CT molecular complexity index is 1140. The molecule has 4 N–H and O–H groups in total. The van der Waals surface area contributed by atoms with Crippen LogP contribution in [-0.2, 0) is 15.8 Å². The molecule has 0 bridgehead atoms. The summed E-state index contributed by atoms with van der Waals surface area (Å²) in [7, 11) is 1.85. The van der Waals surface area contributed by atoms with E-state index in [1.54, 1.807) is 5.48 Å². The number of hydrogen-bond acceptors (Lipinski definition) is 5. The topological polar surface area (TPSA) is 99.7 Å². The van der Waals surface area contributed by atoms with Gasteiger partial charge in [0.1, 0.15) is 11.9 Å². The van der Waals surface area contributed by atoms with Gasteiger partial charge in [0.15, 0.2) is 0 Å². The number of hydroxylamine groups is 1. The molecule has 0 aliphatic carbocycles. The van der Waals surface area contributed by atoms with Crippen molar-refractivity contribution in [1.29, 1.82) is 0 Å². The normalized spacial score (nSPS) is 11.5. The van der Waals surface area contributed by atoms with Crippen molar-refractivity contribution in [2.24, 2.45) is 0 Å². The lowest BCUT2D eigenvalue weighted by atomic mass is 10.1. The minimum atomic E-state index is -4.33. The van der Waals surface area contributed by atoms with Crippen LogP contribution < -0.4 is 20.9 Å². The molecule has 0 aliphatic rings. The van der Waals surface area contributed by atoms with Crippen molar-refractivity contribution in [2.75, 3.05) is 18.9 Å². The third-order valence-electron chi connectivity index (χ3n) is 6.03. The fraction of sp³-hybridized carbons (Fsp3) is 0.355. The molecular weight excluding hydrogens is 535 g/mol. The van der Waals surface area contributed by atoms with Gasteiger partial charge in [-0.2, -0.15) is 13.2 Å². The molecule has 0 spiro atoms. The van der Waals surface area contributed by atoms with E-state index in [2.05, 4.69) is 10.6 Å².